The lowest BCUT2D eigenvalue weighted by Crippen LogP contribution is -2.44. The van der Waals surface area contributed by atoms with Gasteiger partial charge in [0.25, 0.3) is 0 Å². The summed E-state index contributed by atoms with van der Waals surface area (Å²) in [6.07, 6.45) is -0.973. The summed E-state index contributed by atoms with van der Waals surface area (Å²) in [6, 6.07) is 7.38. The molecule has 3 aromatic rings. The predicted octanol–water partition coefficient (Wildman–Crippen LogP) is 6.16. The average Bonchev–Trinajstić information content (AvgIpc) is 3.29. The number of hydrogen-bond acceptors (Lipinski definition) is 5. The van der Waals surface area contributed by atoms with Crippen molar-refractivity contribution in [2.75, 3.05) is 25.7 Å². The van der Waals surface area contributed by atoms with Gasteiger partial charge in [0.2, 0.25) is 0 Å². The Balaban J connectivity index is 1.79. The van der Waals surface area contributed by atoms with Gasteiger partial charge in [-0.05, 0) is 56.5 Å². The van der Waals surface area contributed by atoms with Gasteiger partial charge in [-0.15, -0.1) is 0 Å². The van der Waals surface area contributed by atoms with E-state index in [1.165, 1.54) is 20.3 Å². The quantitative estimate of drug-likeness (QED) is 0.392. The number of carbonyl (C=O) groups excluding carboxylic acids is 1. The van der Waals surface area contributed by atoms with E-state index in [1.54, 1.807) is 43.3 Å². The van der Waals surface area contributed by atoms with Gasteiger partial charge in [-0.3, -0.25) is 4.90 Å². The maximum atomic E-state index is 13.4. The molecule has 37 heavy (non-hydrogen) atoms. The zero-order valence-corrected chi connectivity index (χ0v) is 21.4. The molecule has 1 amide bonds. The molecule has 4 rings (SSSR count). The van der Waals surface area contributed by atoms with Crippen molar-refractivity contribution < 1.29 is 32.2 Å². The molecule has 10 heteroatoms. The van der Waals surface area contributed by atoms with Crippen LogP contribution in [0.15, 0.2) is 42.7 Å². The van der Waals surface area contributed by atoms with Crippen LogP contribution in [0.4, 0.5) is 23.7 Å². The molecule has 1 aliphatic rings. The molecule has 1 aromatic heterocycles. The largest absolute Gasteiger partial charge is 0.493 e. The Morgan fingerprint density at radius 2 is 1.81 bits per heavy atom. The van der Waals surface area contributed by atoms with Crippen molar-refractivity contribution in [2.45, 2.75) is 51.9 Å². The monoisotopic (exact) mass is 517 g/mol. The van der Waals surface area contributed by atoms with Crippen LogP contribution in [0.5, 0.6) is 11.5 Å². The Hall–Kier alpha value is -3.69. The van der Waals surface area contributed by atoms with Crippen molar-refractivity contribution in [1.29, 1.82) is 0 Å². The first-order valence-corrected chi connectivity index (χ1v) is 12.0. The number of ether oxygens (including phenoxy) is 3. The van der Waals surface area contributed by atoms with Crippen molar-refractivity contribution in [3.05, 3.63) is 70.8 Å². The number of aromatic nitrogens is 2. The topological polar surface area (TPSA) is 65.8 Å². The van der Waals surface area contributed by atoms with E-state index in [9.17, 15) is 18.0 Å². The van der Waals surface area contributed by atoms with Gasteiger partial charge < -0.3 is 18.8 Å². The molecule has 0 radical (unpaired) electrons. The van der Waals surface area contributed by atoms with Crippen LogP contribution in [0.3, 0.4) is 0 Å². The summed E-state index contributed by atoms with van der Waals surface area (Å²) >= 11 is 0. The number of nitrogens with zero attached hydrogens (tertiary/aromatic N) is 3. The van der Waals surface area contributed by atoms with E-state index in [0.717, 1.165) is 11.6 Å². The number of fused-ring (bicyclic) bond motifs is 1. The second-order valence-corrected chi connectivity index (χ2v) is 9.09. The number of benzene rings is 2. The van der Waals surface area contributed by atoms with Crippen LogP contribution in [-0.2, 0) is 17.5 Å². The molecule has 0 saturated heterocycles. The van der Waals surface area contributed by atoms with E-state index < -0.39 is 17.8 Å². The Kier molecular flexibility index (Phi) is 7.38. The molecule has 1 aliphatic heterocycles. The number of anilines is 1. The molecule has 0 N–H and O–H groups in total. The fraction of sp³-hybridized carbons (Fsp3) is 0.407. The van der Waals surface area contributed by atoms with Crippen molar-refractivity contribution in [1.82, 2.24) is 9.55 Å². The minimum atomic E-state index is -4.43. The summed E-state index contributed by atoms with van der Waals surface area (Å²) < 4.78 is 58.4. The lowest BCUT2D eigenvalue weighted by Gasteiger charge is -2.39. The first-order valence-electron chi connectivity index (χ1n) is 12.0. The molecule has 1 unspecified atom stereocenters. The van der Waals surface area contributed by atoms with Crippen molar-refractivity contribution >= 4 is 11.8 Å². The van der Waals surface area contributed by atoms with Gasteiger partial charge in [-0.1, -0.05) is 11.6 Å². The summed E-state index contributed by atoms with van der Waals surface area (Å²) in [5.74, 6) is 1.39. The standard InChI is InChI=1S/C27H30F3N3O4/c1-6-37-26(34)33-17(3)11-21(20-13-23(35-4)24(36-5)14-22(20)33)25-31-7-8-32(25)15-18-9-16(2)10-19(12-18)27(28,29)30/h7-10,12-14,17,21H,6,11,15H2,1-5H3/t17-,21?/m1/s1. The minimum absolute atomic E-state index is 0.217. The first-order chi connectivity index (χ1) is 17.6. The highest BCUT2D eigenvalue weighted by molar-refractivity contribution is 5.91. The molecule has 2 heterocycles. The number of rotatable bonds is 6. The zero-order valence-electron chi connectivity index (χ0n) is 21.4. The number of aryl methyl sites for hydroxylation is 1. The number of alkyl halides is 3. The summed E-state index contributed by atoms with van der Waals surface area (Å²) in [4.78, 5) is 19.1. The molecule has 0 aliphatic carbocycles. The molecule has 2 aromatic carbocycles. The van der Waals surface area contributed by atoms with E-state index >= 15 is 0 Å². The molecule has 0 spiro atoms. The SMILES string of the molecule is CCOC(=O)N1c2cc(OC)c(OC)cc2C(c2nccn2Cc2cc(C)cc(C(F)(F)F)c2)C[C@H]1C. The number of amides is 1. The summed E-state index contributed by atoms with van der Waals surface area (Å²) in [5.41, 5.74) is 1.78. The lowest BCUT2D eigenvalue weighted by molar-refractivity contribution is -0.137. The Morgan fingerprint density at radius 1 is 1.11 bits per heavy atom. The first kappa shape index (κ1) is 26.4. The van der Waals surface area contributed by atoms with Crippen LogP contribution < -0.4 is 14.4 Å². The zero-order chi connectivity index (χ0) is 26.9. The van der Waals surface area contributed by atoms with Gasteiger partial charge in [0.05, 0.1) is 32.1 Å². The predicted molar refractivity (Wildman–Crippen MR) is 132 cm³/mol. The van der Waals surface area contributed by atoms with Gasteiger partial charge in [0.15, 0.2) is 11.5 Å². The highest BCUT2D eigenvalue weighted by Gasteiger charge is 2.38. The van der Waals surface area contributed by atoms with Crippen LogP contribution in [0.25, 0.3) is 0 Å². The summed E-state index contributed by atoms with van der Waals surface area (Å²) in [5, 5.41) is 0. The fourth-order valence-electron chi connectivity index (χ4n) is 4.98. The third kappa shape index (κ3) is 5.23. The average molecular weight is 518 g/mol. The maximum absolute atomic E-state index is 13.4. The normalized spacial score (nSPS) is 17.4. The molecule has 0 fully saturated rings. The van der Waals surface area contributed by atoms with Crippen molar-refractivity contribution in [2.24, 2.45) is 0 Å². The molecule has 7 nitrogen and oxygen atoms in total. The molecule has 198 valence electrons. The van der Waals surface area contributed by atoms with E-state index in [-0.39, 0.29) is 25.1 Å². The Labute approximate surface area is 213 Å². The number of carbonyl (C=O) groups is 1. The van der Waals surface area contributed by atoms with Gasteiger partial charge in [-0.25, -0.2) is 9.78 Å². The van der Waals surface area contributed by atoms with Gasteiger partial charge in [0, 0.05) is 37.0 Å². The molecule has 0 bridgehead atoms. The number of imidazole rings is 1. The number of halogens is 3. The van der Waals surface area contributed by atoms with Crippen LogP contribution in [-0.4, -0.2) is 42.5 Å². The summed E-state index contributed by atoms with van der Waals surface area (Å²) in [6.45, 7) is 5.77. The van der Waals surface area contributed by atoms with Gasteiger partial charge >= 0.3 is 12.3 Å². The molecule has 0 saturated carbocycles. The Morgan fingerprint density at radius 3 is 2.46 bits per heavy atom. The van der Waals surface area contributed by atoms with Crippen LogP contribution in [0.1, 0.15) is 54.3 Å². The van der Waals surface area contributed by atoms with E-state index in [4.69, 9.17) is 14.2 Å². The third-order valence-electron chi connectivity index (χ3n) is 6.53. The van der Waals surface area contributed by atoms with E-state index in [0.29, 0.717) is 40.6 Å². The molecular formula is C27H30F3N3O4. The van der Waals surface area contributed by atoms with Gasteiger partial charge in [0.1, 0.15) is 5.82 Å². The minimum Gasteiger partial charge on any atom is -0.493 e. The highest BCUT2D eigenvalue weighted by Crippen LogP contribution is 2.47. The second kappa shape index (κ2) is 10.4. The smallest absolute Gasteiger partial charge is 0.416 e. The highest BCUT2D eigenvalue weighted by atomic mass is 19.4. The van der Waals surface area contributed by atoms with Crippen LogP contribution in [0, 0.1) is 6.92 Å². The molecular weight excluding hydrogens is 487 g/mol. The summed E-state index contributed by atoms with van der Waals surface area (Å²) in [7, 11) is 3.05. The van der Waals surface area contributed by atoms with Crippen LogP contribution >= 0.6 is 0 Å². The lowest BCUT2D eigenvalue weighted by atomic mass is 9.85. The van der Waals surface area contributed by atoms with E-state index in [2.05, 4.69) is 4.98 Å². The fourth-order valence-corrected chi connectivity index (χ4v) is 4.98. The van der Waals surface area contributed by atoms with Crippen molar-refractivity contribution in [3.8, 4) is 11.5 Å². The number of methoxy groups -OCH3 is 2. The third-order valence-corrected chi connectivity index (χ3v) is 6.53. The molecule has 2 atom stereocenters. The van der Waals surface area contributed by atoms with Gasteiger partial charge in [-0.2, -0.15) is 13.2 Å². The van der Waals surface area contributed by atoms with Crippen LogP contribution in [0.2, 0.25) is 0 Å². The van der Waals surface area contributed by atoms with E-state index in [1.807, 2.05) is 17.6 Å². The second-order valence-electron chi connectivity index (χ2n) is 9.09. The van der Waals surface area contributed by atoms with Crippen molar-refractivity contribution in [3.63, 3.8) is 0 Å². The number of hydrogen-bond donors (Lipinski definition) is 0. The Bertz CT molecular complexity index is 1290. The maximum Gasteiger partial charge on any atom is 0.416 e.